The average Bonchev–Trinajstić information content (AvgIpc) is 1.98. The highest BCUT2D eigenvalue weighted by Crippen LogP contribution is 1.88. The zero-order chi connectivity index (χ0) is 7.98. The van der Waals surface area contributed by atoms with Gasteiger partial charge in [0.25, 0.3) is 0 Å². The van der Waals surface area contributed by atoms with Crippen LogP contribution in [0.25, 0.3) is 0 Å². The predicted octanol–water partition coefficient (Wildman–Crippen LogP) is 0.395. The molecule has 3 nitrogen and oxygen atoms in total. The minimum atomic E-state index is -0.622. The highest BCUT2D eigenvalue weighted by atomic mass is 35.5. The third-order valence-electron chi connectivity index (χ3n) is 0.843. The smallest absolute Gasteiger partial charge is 0.324 e. The zero-order valence-electron chi connectivity index (χ0n) is 6.03. The van der Waals surface area contributed by atoms with Crippen molar-refractivity contribution in [3.8, 4) is 0 Å². The van der Waals surface area contributed by atoms with Crippen molar-refractivity contribution in [2.24, 2.45) is 5.73 Å². The van der Waals surface area contributed by atoms with Gasteiger partial charge < -0.3 is 10.5 Å². The quantitative estimate of drug-likeness (QED) is 0.390. The number of rotatable bonds is 4. The summed E-state index contributed by atoms with van der Waals surface area (Å²) in [6.07, 6.45) is 1.49. The zero-order valence-corrected chi connectivity index (χ0v) is 7.74. The molecule has 0 aromatic rings. The third-order valence-corrected chi connectivity index (χ3v) is 1.24. The minimum Gasteiger partial charge on any atom is -0.460 e. The van der Waals surface area contributed by atoms with Gasteiger partial charge in [0, 0.05) is 5.75 Å². The van der Waals surface area contributed by atoms with Gasteiger partial charge in [-0.1, -0.05) is 12.7 Å². The van der Waals surface area contributed by atoms with Crippen LogP contribution in [0.15, 0.2) is 12.7 Å². The first-order valence-corrected chi connectivity index (χ1v) is 3.49. The standard InChI is InChI=1S/C6H11NO2S.ClH/c1-2-3-9-6(8)5(7)4-10;/h2,5,10H,1,3-4,7H2;1H/t5-;/m0./s1. The molecule has 66 valence electrons. The predicted molar refractivity (Wildman–Crippen MR) is 50.2 cm³/mol. The molecule has 0 amide bonds. The summed E-state index contributed by atoms with van der Waals surface area (Å²) in [5.74, 6) is -0.134. The number of carbonyl (C=O) groups excluding carboxylic acids is 1. The van der Waals surface area contributed by atoms with Gasteiger partial charge in [0.15, 0.2) is 0 Å². The van der Waals surface area contributed by atoms with E-state index in [1.807, 2.05) is 0 Å². The Morgan fingerprint density at radius 2 is 2.36 bits per heavy atom. The number of thiol groups is 1. The molecule has 0 radical (unpaired) electrons. The van der Waals surface area contributed by atoms with Crippen LogP contribution in [0.2, 0.25) is 0 Å². The van der Waals surface area contributed by atoms with Gasteiger partial charge >= 0.3 is 5.97 Å². The topological polar surface area (TPSA) is 52.3 Å². The minimum absolute atomic E-state index is 0. The van der Waals surface area contributed by atoms with E-state index in [1.54, 1.807) is 0 Å². The summed E-state index contributed by atoms with van der Waals surface area (Å²) >= 11 is 3.83. The second kappa shape index (κ2) is 7.91. The number of hydrogen-bond acceptors (Lipinski definition) is 4. The van der Waals surface area contributed by atoms with Gasteiger partial charge in [-0.3, -0.25) is 4.79 Å². The fourth-order valence-electron chi connectivity index (χ4n) is 0.323. The molecule has 0 unspecified atom stereocenters. The SMILES string of the molecule is C=CCOC(=O)[C@@H](N)CS.Cl. The Kier molecular flexibility index (Phi) is 9.64. The van der Waals surface area contributed by atoms with E-state index in [1.165, 1.54) is 6.08 Å². The second-order valence-corrected chi connectivity index (χ2v) is 2.07. The molecule has 0 aliphatic carbocycles. The Balaban J connectivity index is 0. The Labute approximate surface area is 77.8 Å². The van der Waals surface area contributed by atoms with Crippen molar-refractivity contribution >= 4 is 31.0 Å². The number of nitrogens with two attached hydrogens (primary N) is 1. The molecule has 0 fully saturated rings. The summed E-state index contributed by atoms with van der Waals surface area (Å²) in [5, 5.41) is 0. The van der Waals surface area contributed by atoms with Crippen LogP contribution >= 0.6 is 25.0 Å². The van der Waals surface area contributed by atoms with Gasteiger partial charge in [-0.05, 0) is 0 Å². The van der Waals surface area contributed by atoms with Crippen molar-refractivity contribution in [2.45, 2.75) is 6.04 Å². The van der Waals surface area contributed by atoms with E-state index >= 15 is 0 Å². The largest absolute Gasteiger partial charge is 0.460 e. The maximum Gasteiger partial charge on any atom is 0.324 e. The first kappa shape index (κ1) is 13.4. The lowest BCUT2D eigenvalue weighted by Crippen LogP contribution is -2.33. The van der Waals surface area contributed by atoms with E-state index in [4.69, 9.17) is 5.73 Å². The van der Waals surface area contributed by atoms with Crippen LogP contribution in [0.1, 0.15) is 0 Å². The Morgan fingerprint density at radius 3 is 2.73 bits per heavy atom. The lowest BCUT2D eigenvalue weighted by atomic mass is 10.4. The first-order valence-electron chi connectivity index (χ1n) is 2.86. The van der Waals surface area contributed by atoms with Crippen LogP contribution < -0.4 is 5.73 Å². The molecule has 0 aliphatic heterocycles. The maximum atomic E-state index is 10.7. The van der Waals surface area contributed by atoms with E-state index in [9.17, 15) is 4.79 Å². The molecule has 2 N–H and O–H groups in total. The Morgan fingerprint density at radius 1 is 1.82 bits per heavy atom. The van der Waals surface area contributed by atoms with Gasteiger partial charge in [-0.15, -0.1) is 12.4 Å². The van der Waals surface area contributed by atoms with Crippen molar-refractivity contribution in [1.29, 1.82) is 0 Å². The summed E-state index contributed by atoms with van der Waals surface area (Å²) in [7, 11) is 0. The molecule has 0 spiro atoms. The van der Waals surface area contributed by atoms with Gasteiger partial charge in [-0.25, -0.2) is 0 Å². The van der Waals surface area contributed by atoms with Crippen molar-refractivity contribution in [3.05, 3.63) is 12.7 Å². The molecule has 11 heavy (non-hydrogen) atoms. The lowest BCUT2D eigenvalue weighted by Gasteiger charge is -2.05. The highest BCUT2D eigenvalue weighted by molar-refractivity contribution is 7.80. The molecular weight excluding hydrogens is 186 g/mol. The molecule has 5 heteroatoms. The Bertz CT molecular complexity index is 132. The molecule has 0 saturated heterocycles. The fourth-order valence-corrected chi connectivity index (χ4v) is 0.472. The van der Waals surface area contributed by atoms with Crippen molar-refractivity contribution in [1.82, 2.24) is 0 Å². The van der Waals surface area contributed by atoms with E-state index in [2.05, 4.69) is 23.9 Å². The summed E-state index contributed by atoms with van der Waals surface area (Å²) in [6, 6.07) is -0.622. The van der Waals surface area contributed by atoms with Crippen molar-refractivity contribution in [2.75, 3.05) is 12.4 Å². The number of hydrogen-bond donors (Lipinski definition) is 2. The third kappa shape index (κ3) is 6.22. The molecule has 0 aliphatic rings. The van der Waals surface area contributed by atoms with Crippen molar-refractivity contribution in [3.63, 3.8) is 0 Å². The van der Waals surface area contributed by atoms with E-state index in [0.29, 0.717) is 5.75 Å². The molecule has 0 saturated carbocycles. The molecule has 1 atom stereocenters. The van der Waals surface area contributed by atoms with E-state index in [0.717, 1.165) is 0 Å². The summed E-state index contributed by atoms with van der Waals surface area (Å²) in [6.45, 7) is 3.59. The van der Waals surface area contributed by atoms with Crippen LogP contribution in [0, 0.1) is 0 Å². The number of halogens is 1. The Hall–Kier alpha value is -0.190. The van der Waals surface area contributed by atoms with Gasteiger partial charge in [0.05, 0.1) is 0 Å². The van der Waals surface area contributed by atoms with Gasteiger partial charge in [-0.2, -0.15) is 12.6 Å². The lowest BCUT2D eigenvalue weighted by molar-refractivity contribution is -0.143. The fraction of sp³-hybridized carbons (Fsp3) is 0.500. The van der Waals surface area contributed by atoms with Crippen LogP contribution in [0.5, 0.6) is 0 Å². The van der Waals surface area contributed by atoms with Crippen molar-refractivity contribution < 1.29 is 9.53 Å². The number of ether oxygens (including phenoxy) is 1. The molecular formula is C6H12ClNO2S. The van der Waals surface area contributed by atoms with Gasteiger partial charge in [0.2, 0.25) is 0 Å². The van der Waals surface area contributed by atoms with E-state index in [-0.39, 0.29) is 19.0 Å². The van der Waals surface area contributed by atoms with Crippen LogP contribution in [-0.4, -0.2) is 24.4 Å². The molecule has 0 bridgehead atoms. The van der Waals surface area contributed by atoms with Crippen LogP contribution in [0.4, 0.5) is 0 Å². The van der Waals surface area contributed by atoms with Crippen LogP contribution in [0.3, 0.4) is 0 Å². The van der Waals surface area contributed by atoms with Gasteiger partial charge in [0.1, 0.15) is 12.6 Å². The number of carbonyl (C=O) groups is 1. The molecule has 0 heterocycles. The van der Waals surface area contributed by atoms with E-state index < -0.39 is 12.0 Å². The molecule has 0 aromatic carbocycles. The molecule has 0 rings (SSSR count). The highest BCUT2D eigenvalue weighted by Gasteiger charge is 2.10. The first-order chi connectivity index (χ1) is 4.72. The number of esters is 1. The van der Waals surface area contributed by atoms with Crippen LogP contribution in [-0.2, 0) is 9.53 Å². The summed E-state index contributed by atoms with van der Waals surface area (Å²) in [5.41, 5.74) is 5.27. The average molecular weight is 198 g/mol. The summed E-state index contributed by atoms with van der Waals surface area (Å²) < 4.78 is 4.61. The summed E-state index contributed by atoms with van der Waals surface area (Å²) in [4.78, 5) is 10.7. The maximum absolute atomic E-state index is 10.7. The molecule has 0 aromatic heterocycles. The second-order valence-electron chi connectivity index (χ2n) is 1.71. The normalized spacial score (nSPS) is 11.1. The monoisotopic (exact) mass is 197 g/mol.